The molecule has 100 valence electrons. The number of nitrogens with zero attached hydrogens (tertiary/aromatic N) is 1. The van der Waals surface area contributed by atoms with E-state index in [0.29, 0.717) is 11.9 Å². The number of rotatable bonds is 5. The Balaban J connectivity index is 1.92. The molecule has 1 aromatic heterocycles. The second-order valence-corrected chi connectivity index (χ2v) is 4.72. The van der Waals surface area contributed by atoms with Crippen LogP contribution in [-0.2, 0) is 6.54 Å². The van der Waals surface area contributed by atoms with Crippen LogP contribution in [0, 0.1) is 6.92 Å². The minimum Gasteiger partial charge on any atom is -0.481 e. The van der Waals surface area contributed by atoms with Gasteiger partial charge < -0.3 is 10.1 Å². The summed E-state index contributed by atoms with van der Waals surface area (Å²) >= 11 is 0. The zero-order valence-corrected chi connectivity index (χ0v) is 11.7. The molecular weight excluding hydrogens is 236 g/mol. The topological polar surface area (TPSA) is 34.1 Å². The van der Waals surface area contributed by atoms with E-state index in [1.807, 2.05) is 18.3 Å². The molecule has 0 bridgehead atoms. The van der Waals surface area contributed by atoms with Crippen LogP contribution < -0.4 is 10.1 Å². The predicted molar refractivity (Wildman–Crippen MR) is 77.2 cm³/mol. The normalized spacial score (nSPS) is 12.2. The average molecular weight is 256 g/mol. The Labute approximate surface area is 114 Å². The number of hydrogen-bond acceptors (Lipinski definition) is 3. The van der Waals surface area contributed by atoms with Crippen LogP contribution in [0.1, 0.15) is 29.7 Å². The first kappa shape index (κ1) is 13.6. The van der Waals surface area contributed by atoms with Crippen molar-refractivity contribution in [1.82, 2.24) is 10.3 Å². The summed E-state index contributed by atoms with van der Waals surface area (Å²) in [7, 11) is 1.62. The Hall–Kier alpha value is -1.87. The van der Waals surface area contributed by atoms with E-state index < -0.39 is 0 Å². The van der Waals surface area contributed by atoms with Gasteiger partial charge in [0.25, 0.3) is 0 Å². The second-order valence-electron chi connectivity index (χ2n) is 4.72. The maximum atomic E-state index is 5.04. The molecule has 0 aliphatic carbocycles. The van der Waals surface area contributed by atoms with Gasteiger partial charge >= 0.3 is 0 Å². The Morgan fingerprint density at radius 3 is 2.47 bits per heavy atom. The minimum atomic E-state index is 0.322. The maximum absolute atomic E-state index is 5.04. The fourth-order valence-corrected chi connectivity index (χ4v) is 1.88. The first-order valence-electron chi connectivity index (χ1n) is 6.48. The van der Waals surface area contributed by atoms with Gasteiger partial charge in [0.2, 0.25) is 5.88 Å². The van der Waals surface area contributed by atoms with Crippen LogP contribution in [0.25, 0.3) is 0 Å². The van der Waals surface area contributed by atoms with Gasteiger partial charge in [0.05, 0.1) is 7.11 Å². The lowest BCUT2D eigenvalue weighted by atomic mass is 10.1. The molecule has 0 spiro atoms. The van der Waals surface area contributed by atoms with E-state index in [-0.39, 0.29) is 0 Å². The van der Waals surface area contributed by atoms with Gasteiger partial charge in [0, 0.05) is 24.8 Å². The van der Waals surface area contributed by atoms with Gasteiger partial charge in [-0.1, -0.05) is 35.9 Å². The van der Waals surface area contributed by atoms with Crippen molar-refractivity contribution in [2.45, 2.75) is 26.4 Å². The highest BCUT2D eigenvalue weighted by Crippen LogP contribution is 2.14. The van der Waals surface area contributed by atoms with Crippen LogP contribution >= 0.6 is 0 Å². The number of methoxy groups -OCH3 is 1. The molecule has 0 aliphatic heterocycles. The van der Waals surface area contributed by atoms with Gasteiger partial charge in [-0.2, -0.15) is 0 Å². The van der Waals surface area contributed by atoms with Crippen molar-refractivity contribution < 1.29 is 4.74 Å². The van der Waals surface area contributed by atoms with Crippen LogP contribution in [0.15, 0.2) is 42.6 Å². The summed E-state index contributed by atoms with van der Waals surface area (Å²) in [6.07, 6.45) is 1.84. The Kier molecular flexibility index (Phi) is 4.53. The van der Waals surface area contributed by atoms with Crippen molar-refractivity contribution in [3.05, 3.63) is 59.3 Å². The monoisotopic (exact) mass is 256 g/mol. The van der Waals surface area contributed by atoms with Crippen molar-refractivity contribution in [2.75, 3.05) is 7.11 Å². The lowest BCUT2D eigenvalue weighted by Crippen LogP contribution is -2.18. The average Bonchev–Trinajstić information content (AvgIpc) is 2.46. The van der Waals surface area contributed by atoms with E-state index in [1.165, 1.54) is 11.1 Å². The van der Waals surface area contributed by atoms with Crippen LogP contribution in [0.2, 0.25) is 0 Å². The number of nitrogens with one attached hydrogen (secondary N) is 1. The van der Waals surface area contributed by atoms with Crippen molar-refractivity contribution in [3.63, 3.8) is 0 Å². The molecule has 19 heavy (non-hydrogen) atoms. The number of aryl methyl sites for hydroxylation is 1. The third-order valence-electron chi connectivity index (χ3n) is 3.20. The van der Waals surface area contributed by atoms with Crippen molar-refractivity contribution >= 4 is 0 Å². The fourth-order valence-electron chi connectivity index (χ4n) is 1.88. The molecule has 0 fully saturated rings. The largest absolute Gasteiger partial charge is 0.481 e. The maximum Gasteiger partial charge on any atom is 0.212 e. The standard InChI is InChI=1S/C16H20N2O/c1-12-4-7-15(8-5-12)13(2)17-10-14-6-9-16(19-3)18-11-14/h4-9,11,13,17H,10H2,1-3H3. The van der Waals surface area contributed by atoms with Gasteiger partial charge in [0.1, 0.15) is 0 Å². The molecule has 3 nitrogen and oxygen atoms in total. The van der Waals surface area contributed by atoms with Crippen molar-refractivity contribution in [3.8, 4) is 5.88 Å². The molecule has 0 saturated heterocycles. The number of benzene rings is 1. The third kappa shape index (κ3) is 3.80. The van der Waals surface area contributed by atoms with Gasteiger partial charge in [-0.05, 0) is 25.0 Å². The van der Waals surface area contributed by atoms with E-state index in [1.54, 1.807) is 7.11 Å². The lowest BCUT2D eigenvalue weighted by molar-refractivity contribution is 0.397. The first-order chi connectivity index (χ1) is 9.19. The number of aromatic nitrogens is 1. The van der Waals surface area contributed by atoms with Gasteiger partial charge in [0.15, 0.2) is 0 Å². The van der Waals surface area contributed by atoms with E-state index in [2.05, 4.69) is 48.4 Å². The summed E-state index contributed by atoms with van der Waals surface area (Å²) in [4.78, 5) is 4.20. The molecule has 0 saturated carbocycles. The number of pyridine rings is 1. The number of ether oxygens (including phenoxy) is 1. The van der Waals surface area contributed by atoms with E-state index in [4.69, 9.17) is 4.74 Å². The van der Waals surface area contributed by atoms with Crippen LogP contribution in [0.5, 0.6) is 5.88 Å². The smallest absolute Gasteiger partial charge is 0.212 e. The highest BCUT2D eigenvalue weighted by atomic mass is 16.5. The molecule has 1 N–H and O–H groups in total. The minimum absolute atomic E-state index is 0.322. The summed E-state index contributed by atoms with van der Waals surface area (Å²) in [5.74, 6) is 0.648. The fraction of sp³-hybridized carbons (Fsp3) is 0.312. The molecule has 1 aromatic carbocycles. The highest BCUT2D eigenvalue weighted by molar-refractivity contribution is 5.24. The molecule has 3 heteroatoms. The van der Waals surface area contributed by atoms with Gasteiger partial charge in [-0.3, -0.25) is 0 Å². The summed E-state index contributed by atoms with van der Waals surface area (Å²) in [6.45, 7) is 5.07. The zero-order chi connectivity index (χ0) is 13.7. The van der Waals surface area contributed by atoms with Gasteiger partial charge in [-0.15, -0.1) is 0 Å². The lowest BCUT2D eigenvalue weighted by Gasteiger charge is -2.14. The zero-order valence-electron chi connectivity index (χ0n) is 11.7. The van der Waals surface area contributed by atoms with E-state index >= 15 is 0 Å². The molecule has 2 rings (SSSR count). The SMILES string of the molecule is COc1ccc(CNC(C)c2ccc(C)cc2)cn1. The van der Waals surface area contributed by atoms with Crippen molar-refractivity contribution in [1.29, 1.82) is 0 Å². The summed E-state index contributed by atoms with van der Waals surface area (Å²) in [5.41, 5.74) is 3.74. The molecule has 1 unspecified atom stereocenters. The molecule has 2 aromatic rings. The molecule has 1 atom stereocenters. The Morgan fingerprint density at radius 1 is 1.16 bits per heavy atom. The van der Waals surface area contributed by atoms with E-state index in [9.17, 15) is 0 Å². The first-order valence-corrected chi connectivity index (χ1v) is 6.48. The second kappa shape index (κ2) is 6.34. The third-order valence-corrected chi connectivity index (χ3v) is 3.20. The van der Waals surface area contributed by atoms with E-state index in [0.717, 1.165) is 12.1 Å². The van der Waals surface area contributed by atoms with Crippen LogP contribution in [0.3, 0.4) is 0 Å². The molecule has 1 heterocycles. The molecule has 0 radical (unpaired) electrons. The molecular formula is C16H20N2O. The van der Waals surface area contributed by atoms with Crippen LogP contribution in [-0.4, -0.2) is 12.1 Å². The Morgan fingerprint density at radius 2 is 1.89 bits per heavy atom. The molecule has 0 amide bonds. The van der Waals surface area contributed by atoms with Gasteiger partial charge in [-0.25, -0.2) is 4.98 Å². The summed E-state index contributed by atoms with van der Waals surface area (Å²) in [6, 6.07) is 12.8. The molecule has 0 aliphatic rings. The summed E-state index contributed by atoms with van der Waals surface area (Å²) in [5, 5.41) is 3.49. The highest BCUT2D eigenvalue weighted by Gasteiger charge is 2.04. The Bertz CT molecular complexity index is 505. The summed E-state index contributed by atoms with van der Waals surface area (Å²) < 4.78 is 5.04. The predicted octanol–water partition coefficient (Wildman–Crippen LogP) is 3.25. The number of hydrogen-bond donors (Lipinski definition) is 1. The van der Waals surface area contributed by atoms with Crippen LogP contribution in [0.4, 0.5) is 0 Å². The van der Waals surface area contributed by atoms with Crippen molar-refractivity contribution in [2.24, 2.45) is 0 Å². The quantitative estimate of drug-likeness (QED) is 0.891.